The minimum atomic E-state index is 0.613. The molecule has 0 aliphatic rings. The van der Waals surface area contributed by atoms with Crippen LogP contribution in [0.2, 0.25) is 0 Å². The van der Waals surface area contributed by atoms with E-state index in [4.69, 9.17) is 0 Å². The number of halogens is 1. The van der Waals surface area contributed by atoms with E-state index in [1.165, 1.54) is 34.4 Å². The fraction of sp³-hybridized carbons (Fsp3) is 0.647. The topological polar surface area (TPSA) is 12.0 Å². The predicted molar refractivity (Wildman–Crippen MR) is 96.8 cm³/mol. The molecule has 1 aromatic carbocycles. The van der Waals surface area contributed by atoms with Gasteiger partial charge in [0.15, 0.2) is 0 Å². The van der Waals surface area contributed by atoms with Crippen LogP contribution < -0.4 is 5.32 Å². The van der Waals surface area contributed by atoms with Crippen LogP contribution in [-0.4, -0.2) is 24.6 Å². The van der Waals surface area contributed by atoms with Crippen molar-refractivity contribution in [1.82, 2.24) is 5.32 Å². The van der Waals surface area contributed by atoms with Gasteiger partial charge in [0, 0.05) is 11.0 Å². The van der Waals surface area contributed by atoms with Crippen LogP contribution in [0.15, 0.2) is 28.7 Å². The lowest BCUT2D eigenvalue weighted by Gasteiger charge is -2.20. The minimum Gasteiger partial charge on any atom is -0.316 e. The average Bonchev–Trinajstić information content (AvgIpc) is 2.42. The van der Waals surface area contributed by atoms with Crippen molar-refractivity contribution in [2.24, 2.45) is 5.92 Å². The van der Waals surface area contributed by atoms with Gasteiger partial charge in [0.2, 0.25) is 0 Å². The van der Waals surface area contributed by atoms with E-state index in [0.29, 0.717) is 11.8 Å². The van der Waals surface area contributed by atoms with Crippen molar-refractivity contribution in [3.63, 3.8) is 0 Å². The Hall–Kier alpha value is 0.01000. The summed E-state index contributed by atoms with van der Waals surface area (Å²) in [5.74, 6) is 3.83. The van der Waals surface area contributed by atoms with Crippen molar-refractivity contribution in [3.8, 4) is 0 Å². The summed E-state index contributed by atoms with van der Waals surface area (Å²) < 4.78 is 1.25. The molecule has 0 radical (unpaired) electrons. The molecular weight excluding hydrogens is 330 g/mol. The first-order chi connectivity index (χ1) is 9.65. The predicted octanol–water partition coefficient (Wildman–Crippen LogP) is 5.31. The molecule has 1 aromatic rings. The summed E-state index contributed by atoms with van der Waals surface area (Å²) in [7, 11) is 0. The van der Waals surface area contributed by atoms with Gasteiger partial charge < -0.3 is 5.32 Å². The van der Waals surface area contributed by atoms with Crippen LogP contribution in [0.3, 0.4) is 0 Å². The molecule has 0 aromatic heterocycles. The molecule has 3 heteroatoms. The Labute approximate surface area is 137 Å². The quantitative estimate of drug-likeness (QED) is 0.569. The molecule has 0 heterocycles. The van der Waals surface area contributed by atoms with Crippen molar-refractivity contribution in [3.05, 3.63) is 34.3 Å². The number of rotatable bonds is 10. The van der Waals surface area contributed by atoms with E-state index in [9.17, 15) is 0 Å². The van der Waals surface area contributed by atoms with Crippen LogP contribution in [0.4, 0.5) is 0 Å². The highest BCUT2D eigenvalue weighted by molar-refractivity contribution is 9.10. The van der Waals surface area contributed by atoms with Crippen LogP contribution in [0, 0.1) is 5.92 Å². The Kier molecular flexibility index (Phi) is 9.66. The van der Waals surface area contributed by atoms with Crippen molar-refractivity contribution < 1.29 is 0 Å². The molecule has 0 bridgehead atoms. The summed E-state index contributed by atoms with van der Waals surface area (Å²) in [6.45, 7) is 8.94. The molecule has 0 saturated heterocycles. The van der Waals surface area contributed by atoms with E-state index >= 15 is 0 Å². The number of benzene rings is 1. The summed E-state index contributed by atoms with van der Waals surface area (Å²) in [4.78, 5) is 0. The van der Waals surface area contributed by atoms with Gasteiger partial charge in [0.05, 0.1) is 0 Å². The third kappa shape index (κ3) is 7.14. The van der Waals surface area contributed by atoms with Crippen molar-refractivity contribution in [2.75, 3.05) is 24.6 Å². The van der Waals surface area contributed by atoms with Crippen molar-refractivity contribution in [2.45, 2.75) is 39.5 Å². The van der Waals surface area contributed by atoms with Gasteiger partial charge in [0.1, 0.15) is 0 Å². The van der Waals surface area contributed by atoms with Crippen molar-refractivity contribution >= 4 is 27.7 Å². The number of hydrogen-bond acceptors (Lipinski definition) is 2. The first-order valence-electron chi connectivity index (χ1n) is 7.68. The Morgan fingerprint density at radius 3 is 2.60 bits per heavy atom. The summed E-state index contributed by atoms with van der Waals surface area (Å²) >= 11 is 5.75. The highest BCUT2D eigenvalue weighted by Gasteiger charge is 2.14. The van der Waals surface area contributed by atoms with E-state index in [1.807, 2.05) is 11.8 Å². The molecule has 0 aliphatic carbocycles. The third-order valence-electron chi connectivity index (χ3n) is 3.33. The number of hydrogen-bond donors (Lipinski definition) is 1. The zero-order valence-corrected chi connectivity index (χ0v) is 15.4. The average molecular weight is 358 g/mol. The highest BCUT2D eigenvalue weighted by Crippen LogP contribution is 2.28. The maximum Gasteiger partial charge on any atom is 0.0210 e. The van der Waals surface area contributed by atoms with Gasteiger partial charge in [-0.05, 0) is 54.4 Å². The minimum absolute atomic E-state index is 0.613. The second-order valence-electron chi connectivity index (χ2n) is 5.61. The number of nitrogens with one attached hydrogen (secondary N) is 1. The second kappa shape index (κ2) is 10.7. The lowest BCUT2D eigenvalue weighted by Crippen LogP contribution is -2.25. The molecule has 0 amide bonds. The van der Waals surface area contributed by atoms with E-state index in [1.54, 1.807) is 0 Å². The summed E-state index contributed by atoms with van der Waals surface area (Å²) in [5, 5.41) is 3.62. The van der Waals surface area contributed by atoms with Gasteiger partial charge in [-0.1, -0.05) is 54.9 Å². The maximum atomic E-state index is 3.71. The van der Waals surface area contributed by atoms with E-state index in [0.717, 1.165) is 13.1 Å². The molecule has 1 unspecified atom stereocenters. The first kappa shape index (κ1) is 18.1. The highest BCUT2D eigenvalue weighted by atomic mass is 79.9. The van der Waals surface area contributed by atoms with Crippen molar-refractivity contribution in [1.29, 1.82) is 0 Å². The fourth-order valence-corrected chi connectivity index (χ4v) is 3.56. The van der Waals surface area contributed by atoms with E-state index in [2.05, 4.69) is 66.3 Å². The lowest BCUT2D eigenvalue weighted by atomic mass is 9.94. The molecule has 1 nitrogen and oxygen atoms in total. The SMILES string of the molecule is CCSCCCC(CNCC(C)C)c1ccccc1Br. The Morgan fingerprint density at radius 1 is 1.20 bits per heavy atom. The van der Waals surface area contributed by atoms with Gasteiger partial charge in [-0.3, -0.25) is 0 Å². The summed E-state index contributed by atoms with van der Waals surface area (Å²) in [6.07, 6.45) is 2.56. The standard InChI is InChI=1S/C17H28BrNS/c1-4-20-11-7-8-15(13-19-12-14(2)3)16-9-5-6-10-17(16)18/h5-6,9-10,14-15,19H,4,7-8,11-13H2,1-3H3. The Morgan fingerprint density at radius 2 is 1.95 bits per heavy atom. The first-order valence-corrected chi connectivity index (χ1v) is 9.62. The van der Waals surface area contributed by atoms with Gasteiger partial charge in [0.25, 0.3) is 0 Å². The van der Waals surface area contributed by atoms with Crippen LogP contribution >= 0.6 is 27.7 Å². The smallest absolute Gasteiger partial charge is 0.0210 e. The maximum absolute atomic E-state index is 3.71. The van der Waals surface area contributed by atoms with Gasteiger partial charge in [-0.2, -0.15) is 11.8 Å². The Balaban J connectivity index is 2.56. The monoisotopic (exact) mass is 357 g/mol. The molecule has 1 rings (SSSR count). The van der Waals surface area contributed by atoms with Gasteiger partial charge in [-0.25, -0.2) is 0 Å². The molecule has 0 saturated carbocycles. The largest absolute Gasteiger partial charge is 0.316 e. The molecular formula is C17H28BrNS. The zero-order valence-electron chi connectivity index (χ0n) is 13.0. The van der Waals surface area contributed by atoms with Gasteiger partial charge in [-0.15, -0.1) is 0 Å². The van der Waals surface area contributed by atoms with Crippen LogP contribution in [0.25, 0.3) is 0 Å². The van der Waals surface area contributed by atoms with Gasteiger partial charge >= 0.3 is 0 Å². The third-order valence-corrected chi connectivity index (χ3v) is 5.04. The Bertz CT molecular complexity index is 368. The molecule has 0 aliphatic heterocycles. The molecule has 20 heavy (non-hydrogen) atoms. The normalized spacial score (nSPS) is 12.8. The zero-order chi connectivity index (χ0) is 14.8. The second-order valence-corrected chi connectivity index (χ2v) is 7.86. The van der Waals surface area contributed by atoms with E-state index < -0.39 is 0 Å². The molecule has 1 N–H and O–H groups in total. The molecule has 114 valence electrons. The van der Waals surface area contributed by atoms with Crippen LogP contribution in [-0.2, 0) is 0 Å². The van der Waals surface area contributed by atoms with E-state index in [-0.39, 0.29) is 0 Å². The number of thioether (sulfide) groups is 1. The molecule has 1 atom stereocenters. The lowest BCUT2D eigenvalue weighted by molar-refractivity contribution is 0.498. The molecule has 0 fully saturated rings. The summed E-state index contributed by atoms with van der Waals surface area (Å²) in [5.41, 5.74) is 1.45. The van der Waals surface area contributed by atoms with Crippen LogP contribution in [0.5, 0.6) is 0 Å². The fourth-order valence-electron chi connectivity index (χ4n) is 2.30. The summed E-state index contributed by atoms with van der Waals surface area (Å²) in [6, 6.07) is 8.67. The van der Waals surface area contributed by atoms with Crippen LogP contribution in [0.1, 0.15) is 45.1 Å². The molecule has 0 spiro atoms.